The Morgan fingerprint density at radius 2 is 2.05 bits per heavy atom. The van der Waals surface area contributed by atoms with E-state index in [9.17, 15) is 5.11 Å². The van der Waals surface area contributed by atoms with Gasteiger partial charge in [-0.25, -0.2) is 4.98 Å². The Bertz CT molecular complexity index is 668. The van der Waals surface area contributed by atoms with E-state index in [1.807, 2.05) is 24.1 Å². The maximum absolute atomic E-state index is 10.5. The molecule has 3 atom stereocenters. The molecule has 5 nitrogen and oxygen atoms in total. The first-order valence-electron chi connectivity index (χ1n) is 8.47. The van der Waals surface area contributed by atoms with Gasteiger partial charge in [-0.2, -0.15) is 5.10 Å². The molecule has 1 aliphatic heterocycles. The second-order valence-electron chi connectivity index (χ2n) is 6.75. The van der Waals surface area contributed by atoms with E-state index in [-0.39, 0.29) is 6.10 Å². The molecule has 0 unspecified atom stereocenters. The first kappa shape index (κ1) is 14.0. The number of nitrogens with zero attached hydrogens (tertiary/aromatic N) is 4. The number of aromatic nitrogens is 3. The molecule has 0 aromatic carbocycles. The largest absolute Gasteiger partial charge is 0.393 e. The van der Waals surface area contributed by atoms with Crippen LogP contribution in [0, 0.1) is 5.92 Å². The van der Waals surface area contributed by atoms with Crippen molar-refractivity contribution in [2.75, 3.05) is 11.4 Å². The molecule has 2 fully saturated rings. The van der Waals surface area contributed by atoms with Crippen molar-refractivity contribution < 1.29 is 5.11 Å². The standard InChI is InChI=1S/C17H24N4O/c1-20-17-13(11-19-20)15(8-9-18-17)21-10-4-6-14(21)12-5-2-3-7-16(12)22/h8-9,11-12,14,16,22H,2-7,10H2,1H3/t12-,14-,16+/m1/s1. The summed E-state index contributed by atoms with van der Waals surface area (Å²) in [7, 11) is 1.94. The van der Waals surface area contributed by atoms with Gasteiger partial charge >= 0.3 is 0 Å². The van der Waals surface area contributed by atoms with Gasteiger partial charge in [-0.05, 0) is 31.7 Å². The van der Waals surface area contributed by atoms with Crippen LogP contribution in [-0.4, -0.2) is 38.6 Å². The highest BCUT2D eigenvalue weighted by molar-refractivity contribution is 5.89. The quantitative estimate of drug-likeness (QED) is 0.926. The topological polar surface area (TPSA) is 54.2 Å². The Kier molecular flexibility index (Phi) is 3.53. The van der Waals surface area contributed by atoms with Crippen LogP contribution in [0.2, 0.25) is 0 Å². The summed E-state index contributed by atoms with van der Waals surface area (Å²) in [5.74, 6) is 0.413. The fourth-order valence-electron chi connectivity index (χ4n) is 4.41. The number of aliphatic hydroxyl groups is 1. The zero-order valence-corrected chi connectivity index (χ0v) is 13.1. The minimum absolute atomic E-state index is 0.134. The van der Waals surface area contributed by atoms with Gasteiger partial charge in [-0.15, -0.1) is 0 Å². The van der Waals surface area contributed by atoms with Gasteiger partial charge in [0.1, 0.15) is 0 Å². The third-order valence-corrected chi connectivity index (χ3v) is 5.50. The average Bonchev–Trinajstić information content (AvgIpc) is 3.15. The highest BCUT2D eigenvalue weighted by atomic mass is 16.3. The minimum atomic E-state index is -0.134. The number of rotatable bonds is 2. The Morgan fingerprint density at radius 1 is 1.18 bits per heavy atom. The third-order valence-electron chi connectivity index (χ3n) is 5.50. The van der Waals surface area contributed by atoms with Gasteiger partial charge in [0.2, 0.25) is 0 Å². The predicted octanol–water partition coefficient (Wildman–Crippen LogP) is 2.49. The van der Waals surface area contributed by atoms with Crippen LogP contribution in [0.1, 0.15) is 38.5 Å². The van der Waals surface area contributed by atoms with Gasteiger partial charge in [-0.3, -0.25) is 4.68 Å². The summed E-state index contributed by atoms with van der Waals surface area (Å²) in [6.45, 7) is 1.07. The van der Waals surface area contributed by atoms with Crippen LogP contribution in [0.15, 0.2) is 18.5 Å². The maximum Gasteiger partial charge on any atom is 0.159 e. The second-order valence-corrected chi connectivity index (χ2v) is 6.75. The molecule has 5 heteroatoms. The van der Waals surface area contributed by atoms with Crippen LogP contribution < -0.4 is 4.90 Å². The van der Waals surface area contributed by atoms with Crippen molar-refractivity contribution in [3.63, 3.8) is 0 Å². The van der Waals surface area contributed by atoms with E-state index in [1.54, 1.807) is 0 Å². The van der Waals surface area contributed by atoms with Gasteiger partial charge in [0.05, 0.1) is 23.4 Å². The molecule has 1 saturated heterocycles. The van der Waals surface area contributed by atoms with E-state index < -0.39 is 0 Å². The van der Waals surface area contributed by atoms with Gasteiger partial charge in [0.15, 0.2) is 5.65 Å². The molecular formula is C17H24N4O. The lowest BCUT2D eigenvalue weighted by molar-refractivity contribution is 0.0566. The fraction of sp³-hybridized carbons (Fsp3) is 0.647. The Morgan fingerprint density at radius 3 is 2.91 bits per heavy atom. The number of fused-ring (bicyclic) bond motifs is 1. The maximum atomic E-state index is 10.5. The zero-order chi connectivity index (χ0) is 15.1. The monoisotopic (exact) mass is 300 g/mol. The molecule has 0 amide bonds. The number of hydrogen-bond donors (Lipinski definition) is 1. The molecule has 22 heavy (non-hydrogen) atoms. The normalized spacial score (nSPS) is 29.4. The van der Waals surface area contributed by atoms with Crippen molar-refractivity contribution in [1.82, 2.24) is 14.8 Å². The number of aliphatic hydroxyl groups excluding tert-OH is 1. The molecule has 2 aliphatic rings. The van der Waals surface area contributed by atoms with Crippen LogP contribution in [0.4, 0.5) is 5.69 Å². The van der Waals surface area contributed by atoms with Crippen molar-refractivity contribution in [2.45, 2.75) is 50.7 Å². The van der Waals surface area contributed by atoms with Crippen LogP contribution in [0.25, 0.3) is 11.0 Å². The zero-order valence-electron chi connectivity index (χ0n) is 13.1. The lowest BCUT2D eigenvalue weighted by Gasteiger charge is -2.38. The molecule has 0 spiro atoms. The van der Waals surface area contributed by atoms with Crippen LogP contribution in [0.3, 0.4) is 0 Å². The SMILES string of the molecule is Cn1ncc2c(N3CCC[C@@H]3[C@H]3CCCC[C@@H]3O)ccnc21. The van der Waals surface area contributed by atoms with E-state index in [0.717, 1.165) is 30.4 Å². The smallest absolute Gasteiger partial charge is 0.159 e. The number of pyridine rings is 1. The summed E-state index contributed by atoms with van der Waals surface area (Å²) in [4.78, 5) is 6.95. The van der Waals surface area contributed by atoms with E-state index >= 15 is 0 Å². The van der Waals surface area contributed by atoms with Crippen LogP contribution in [-0.2, 0) is 7.05 Å². The fourth-order valence-corrected chi connectivity index (χ4v) is 4.41. The molecule has 1 saturated carbocycles. The summed E-state index contributed by atoms with van der Waals surface area (Å²) < 4.78 is 1.83. The Labute approximate surface area is 130 Å². The first-order valence-corrected chi connectivity index (χ1v) is 8.47. The van der Waals surface area contributed by atoms with E-state index in [2.05, 4.69) is 21.0 Å². The van der Waals surface area contributed by atoms with Gasteiger partial charge in [0, 0.05) is 31.7 Å². The first-order chi connectivity index (χ1) is 10.8. The summed E-state index contributed by atoms with van der Waals surface area (Å²) in [5, 5.41) is 15.9. The van der Waals surface area contributed by atoms with Crippen molar-refractivity contribution in [3.8, 4) is 0 Å². The molecule has 2 aromatic rings. The van der Waals surface area contributed by atoms with Crippen LogP contribution >= 0.6 is 0 Å². The molecule has 3 heterocycles. The lowest BCUT2D eigenvalue weighted by atomic mass is 9.80. The van der Waals surface area contributed by atoms with Crippen molar-refractivity contribution in [2.24, 2.45) is 13.0 Å². The predicted molar refractivity (Wildman–Crippen MR) is 86.8 cm³/mol. The minimum Gasteiger partial charge on any atom is -0.393 e. The molecule has 0 bridgehead atoms. The summed E-state index contributed by atoms with van der Waals surface area (Å²) in [6, 6.07) is 2.57. The van der Waals surface area contributed by atoms with Crippen molar-refractivity contribution in [3.05, 3.63) is 18.5 Å². The van der Waals surface area contributed by atoms with E-state index in [1.165, 1.54) is 31.4 Å². The lowest BCUT2D eigenvalue weighted by Crippen LogP contribution is -2.42. The Hall–Kier alpha value is -1.62. The van der Waals surface area contributed by atoms with Gasteiger partial charge < -0.3 is 10.0 Å². The highest BCUT2D eigenvalue weighted by Gasteiger charge is 2.37. The summed E-state index contributed by atoms with van der Waals surface area (Å²) >= 11 is 0. The van der Waals surface area contributed by atoms with Gasteiger partial charge in [0.25, 0.3) is 0 Å². The molecule has 1 aliphatic carbocycles. The van der Waals surface area contributed by atoms with Crippen molar-refractivity contribution >= 4 is 16.7 Å². The second kappa shape index (κ2) is 5.54. The molecule has 118 valence electrons. The summed E-state index contributed by atoms with van der Waals surface area (Å²) in [5.41, 5.74) is 2.17. The molecule has 2 aromatic heterocycles. The van der Waals surface area contributed by atoms with E-state index in [0.29, 0.717) is 12.0 Å². The van der Waals surface area contributed by atoms with Crippen LogP contribution in [0.5, 0.6) is 0 Å². The average molecular weight is 300 g/mol. The van der Waals surface area contributed by atoms with E-state index in [4.69, 9.17) is 0 Å². The molecule has 4 rings (SSSR count). The molecule has 0 radical (unpaired) electrons. The Balaban J connectivity index is 1.70. The summed E-state index contributed by atoms with van der Waals surface area (Å²) in [6.07, 6.45) is 10.6. The molecule has 1 N–H and O–H groups in total. The number of hydrogen-bond acceptors (Lipinski definition) is 4. The number of anilines is 1. The van der Waals surface area contributed by atoms with Gasteiger partial charge in [-0.1, -0.05) is 12.8 Å². The number of aryl methyl sites for hydroxylation is 1. The molecular weight excluding hydrogens is 276 g/mol. The third kappa shape index (κ3) is 2.19. The van der Waals surface area contributed by atoms with Crippen molar-refractivity contribution in [1.29, 1.82) is 0 Å². The highest BCUT2D eigenvalue weighted by Crippen LogP contribution is 2.38.